The number of urea groups is 1. The van der Waals surface area contributed by atoms with Crippen LogP contribution in [0.15, 0.2) is 25.0 Å². The molecule has 1 saturated heterocycles. The number of carbonyl (C=O) groups excluding carboxylic acids is 1. The van der Waals surface area contributed by atoms with Gasteiger partial charge in [-0.15, -0.1) is 6.58 Å². The number of nitrogens with zero attached hydrogens (tertiary/aromatic N) is 2. The molecule has 0 aliphatic carbocycles. The molecule has 19 heavy (non-hydrogen) atoms. The Morgan fingerprint density at radius 1 is 1.58 bits per heavy atom. The molecule has 1 aliphatic rings. The lowest BCUT2D eigenvalue weighted by atomic mass is 10.0. The van der Waals surface area contributed by atoms with Gasteiger partial charge in [-0.2, -0.15) is 5.10 Å². The van der Waals surface area contributed by atoms with Crippen LogP contribution >= 0.6 is 0 Å². The molecule has 104 valence electrons. The van der Waals surface area contributed by atoms with Gasteiger partial charge in [0.15, 0.2) is 0 Å². The van der Waals surface area contributed by atoms with E-state index in [2.05, 4.69) is 22.3 Å². The molecule has 0 atom stereocenters. The minimum atomic E-state index is -0.245. The fourth-order valence-corrected chi connectivity index (χ4v) is 2.06. The predicted octanol–water partition coefficient (Wildman–Crippen LogP) is 1.62. The zero-order chi connectivity index (χ0) is 13.5. The highest BCUT2D eigenvalue weighted by molar-refractivity contribution is 5.88. The average Bonchev–Trinajstić information content (AvgIpc) is 2.85. The van der Waals surface area contributed by atoms with Crippen LogP contribution in [0.4, 0.5) is 10.5 Å². The van der Waals surface area contributed by atoms with Gasteiger partial charge in [0.1, 0.15) is 0 Å². The number of rotatable bonds is 5. The Morgan fingerprint density at radius 3 is 3.11 bits per heavy atom. The van der Waals surface area contributed by atoms with Crippen LogP contribution in [0.3, 0.4) is 0 Å². The first-order valence-corrected chi connectivity index (χ1v) is 6.54. The van der Waals surface area contributed by atoms with Crippen molar-refractivity contribution in [1.82, 2.24) is 15.1 Å². The van der Waals surface area contributed by atoms with E-state index in [-0.39, 0.29) is 6.03 Å². The molecule has 0 bridgehead atoms. The monoisotopic (exact) mass is 264 g/mol. The number of aromatic nitrogens is 2. The lowest BCUT2D eigenvalue weighted by Crippen LogP contribution is -2.28. The molecular weight excluding hydrogens is 244 g/mol. The standard InChI is InChI=1S/C13H20N4O2/c1-2-5-14-13(18)16-12-8-15-17(10-12)9-11-3-6-19-7-4-11/h2,8,10-11H,1,3-7,9H2,(H2,14,16,18). The van der Waals surface area contributed by atoms with Crippen molar-refractivity contribution in [1.29, 1.82) is 0 Å². The van der Waals surface area contributed by atoms with E-state index in [0.717, 1.165) is 32.6 Å². The highest BCUT2D eigenvalue weighted by Gasteiger charge is 2.14. The third kappa shape index (κ3) is 4.40. The van der Waals surface area contributed by atoms with E-state index < -0.39 is 0 Å². The van der Waals surface area contributed by atoms with Gasteiger partial charge < -0.3 is 15.4 Å². The second kappa shape index (κ2) is 6.94. The molecule has 0 saturated carbocycles. The molecule has 6 nitrogen and oxygen atoms in total. The fourth-order valence-electron chi connectivity index (χ4n) is 2.06. The van der Waals surface area contributed by atoms with E-state index >= 15 is 0 Å². The first-order chi connectivity index (χ1) is 9.28. The Labute approximate surface area is 112 Å². The van der Waals surface area contributed by atoms with Gasteiger partial charge in [0.05, 0.1) is 11.9 Å². The lowest BCUT2D eigenvalue weighted by Gasteiger charge is -2.21. The van der Waals surface area contributed by atoms with Gasteiger partial charge in [-0.05, 0) is 18.8 Å². The number of ether oxygens (including phenoxy) is 1. The van der Waals surface area contributed by atoms with Crippen molar-refractivity contribution in [3.05, 3.63) is 25.0 Å². The summed E-state index contributed by atoms with van der Waals surface area (Å²) >= 11 is 0. The van der Waals surface area contributed by atoms with E-state index in [1.807, 2.05) is 10.9 Å². The van der Waals surface area contributed by atoms with Gasteiger partial charge in [-0.1, -0.05) is 6.08 Å². The van der Waals surface area contributed by atoms with E-state index in [4.69, 9.17) is 4.74 Å². The quantitative estimate of drug-likeness (QED) is 0.794. The lowest BCUT2D eigenvalue weighted by molar-refractivity contribution is 0.0601. The molecule has 6 heteroatoms. The van der Waals surface area contributed by atoms with Gasteiger partial charge in [0.2, 0.25) is 0 Å². The molecule has 0 unspecified atom stereocenters. The molecule has 1 aromatic rings. The van der Waals surface area contributed by atoms with Crippen LogP contribution in [0.25, 0.3) is 0 Å². The Hall–Kier alpha value is -1.82. The Bertz CT molecular complexity index is 424. The molecule has 0 spiro atoms. The largest absolute Gasteiger partial charge is 0.381 e. The minimum Gasteiger partial charge on any atom is -0.381 e. The number of hydrogen-bond acceptors (Lipinski definition) is 3. The molecule has 0 aromatic carbocycles. The van der Waals surface area contributed by atoms with Gasteiger partial charge >= 0.3 is 6.03 Å². The van der Waals surface area contributed by atoms with Gasteiger partial charge in [-0.3, -0.25) is 4.68 Å². The van der Waals surface area contributed by atoms with E-state index in [9.17, 15) is 4.79 Å². The van der Waals surface area contributed by atoms with Crippen LogP contribution in [0.5, 0.6) is 0 Å². The fraction of sp³-hybridized carbons (Fsp3) is 0.538. The van der Waals surface area contributed by atoms with Crippen LogP contribution in [0.2, 0.25) is 0 Å². The summed E-state index contributed by atoms with van der Waals surface area (Å²) < 4.78 is 7.20. The van der Waals surface area contributed by atoms with Gasteiger partial charge in [-0.25, -0.2) is 4.79 Å². The molecule has 0 radical (unpaired) electrons. The predicted molar refractivity (Wildman–Crippen MR) is 73.0 cm³/mol. The summed E-state index contributed by atoms with van der Waals surface area (Å²) in [5, 5.41) is 9.64. The molecule has 1 aliphatic heterocycles. The summed E-state index contributed by atoms with van der Waals surface area (Å²) in [6.45, 7) is 6.53. The van der Waals surface area contributed by atoms with E-state index in [1.165, 1.54) is 0 Å². The highest BCUT2D eigenvalue weighted by atomic mass is 16.5. The first kappa shape index (κ1) is 13.6. The number of hydrogen-bond donors (Lipinski definition) is 2. The first-order valence-electron chi connectivity index (χ1n) is 6.54. The normalized spacial score (nSPS) is 16.0. The van der Waals surface area contributed by atoms with Crippen LogP contribution in [0, 0.1) is 5.92 Å². The summed E-state index contributed by atoms with van der Waals surface area (Å²) in [6.07, 6.45) is 7.29. The maximum Gasteiger partial charge on any atom is 0.319 e. The SMILES string of the molecule is C=CCNC(=O)Nc1cnn(CC2CCOCC2)c1. The minimum absolute atomic E-state index is 0.245. The van der Waals surface area contributed by atoms with Crippen molar-refractivity contribution in [2.24, 2.45) is 5.92 Å². The smallest absolute Gasteiger partial charge is 0.319 e. The van der Waals surface area contributed by atoms with Crippen molar-refractivity contribution < 1.29 is 9.53 Å². The zero-order valence-corrected chi connectivity index (χ0v) is 11.0. The molecule has 2 rings (SSSR count). The van der Waals surface area contributed by atoms with Gasteiger partial charge in [0, 0.05) is 32.5 Å². The number of nitrogens with one attached hydrogen (secondary N) is 2. The third-order valence-corrected chi connectivity index (χ3v) is 3.08. The molecule has 2 amide bonds. The van der Waals surface area contributed by atoms with Crippen molar-refractivity contribution in [2.45, 2.75) is 19.4 Å². The van der Waals surface area contributed by atoms with E-state index in [0.29, 0.717) is 18.2 Å². The van der Waals surface area contributed by atoms with Crippen molar-refractivity contribution in [3.8, 4) is 0 Å². The van der Waals surface area contributed by atoms with Crippen LogP contribution < -0.4 is 10.6 Å². The zero-order valence-electron chi connectivity index (χ0n) is 11.0. The summed E-state index contributed by atoms with van der Waals surface area (Å²) in [7, 11) is 0. The Balaban J connectivity index is 1.80. The maximum absolute atomic E-state index is 11.4. The number of carbonyl (C=O) groups is 1. The Kier molecular flexibility index (Phi) is 4.97. The summed E-state index contributed by atoms with van der Waals surface area (Å²) in [5.41, 5.74) is 0.702. The molecule has 1 fully saturated rings. The van der Waals surface area contributed by atoms with E-state index in [1.54, 1.807) is 12.3 Å². The highest BCUT2D eigenvalue weighted by Crippen LogP contribution is 2.17. The molecular formula is C13H20N4O2. The van der Waals surface area contributed by atoms with Crippen molar-refractivity contribution >= 4 is 11.7 Å². The second-order valence-electron chi connectivity index (χ2n) is 4.63. The van der Waals surface area contributed by atoms with Crippen molar-refractivity contribution in [3.63, 3.8) is 0 Å². The molecule has 2 N–H and O–H groups in total. The average molecular weight is 264 g/mol. The van der Waals surface area contributed by atoms with Crippen LogP contribution in [0.1, 0.15) is 12.8 Å². The summed E-state index contributed by atoms with van der Waals surface area (Å²) in [6, 6.07) is -0.245. The van der Waals surface area contributed by atoms with Gasteiger partial charge in [0.25, 0.3) is 0 Å². The summed E-state index contributed by atoms with van der Waals surface area (Å²) in [4.78, 5) is 11.4. The van der Waals surface area contributed by atoms with Crippen LogP contribution in [-0.2, 0) is 11.3 Å². The summed E-state index contributed by atoms with van der Waals surface area (Å²) in [5.74, 6) is 0.607. The van der Waals surface area contributed by atoms with Crippen molar-refractivity contribution in [2.75, 3.05) is 25.1 Å². The Morgan fingerprint density at radius 2 is 2.37 bits per heavy atom. The number of amides is 2. The third-order valence-electron chi connectivity index (χ3n) is 3.08. The maximum atomic E-state index is 11.4. The number of anilines is 1. The van der Waals surface area contributed by atoms with Crippen LogP contribution in [-0.4, -0.2) is 35.6 Å². The topological polar surface area (TPSA) is 68.2 Å². The molecule has 2 heterocycles. The molecule has 1 aromatic heterocycles. The second-order valence-corrected chi connectivity index (χ2v) is 4.63.